The van der Waals surface area contributed by atoms with Crippen molar-refractivity contribution in [1.82, 2.24) is 10.2 Å². The van der Waals surface area contributed by atoms with Crippen LogP contribution in [0.3, 0.4) is 0 Å². The SMILES string of the molecule is O=C(N[C@H]1C[C@H]1c1ccc(F)cc1)N1CCN(c2ccccc2O)CC1. The Bertz CT molecular complexity index is 788. The lowest BCUT2D eigenvalue weighted by Gasteiger charge is -2.36. The van der Waals surface area contributed by atoms with E-state index in [2.05, 4.69) is 10.2 Å². The van der Waals surface area contributed by atoms with Crippen LogP contribution in [0.5, 0.6) is 5.75 Å². The Balaban J connectivity index is 1.28. The molecule has 2 aromatic carbocycles. The van der Waals surface area contributed by atoms with Crippen molar-refractivity contribution in [2.24, 2.45) is 0 Å². The minimum Gasteiger partial charge on any atom is -0.506 e. The molecule has 4 rings (SSSR count). The standard InChI is InChI=1S/C20H22FN3O2/c21-15-7-5-14(6-8-15)16-13-17(16)22-20(26)24-11-9-23(10-12-24)18-3-1-2-4-19(18)25/h1-8,16-17,25H,9-13H2,(H,22,26)/t16-,17-/m0/s1. The fourth-order valence-corrected chi connectivity index (χ4v) is 3.56. The fraction of sp³-hybridized carbons (Fsp3) is 0.350. The number of urea groups is 1. The van der Waals surface area contributed by atoms with E-state index in [1.165, 1.54) is 12.1 Å². The number of hydrogen-bond acceptors (Lipinski definition) is 3. The van der Waals surface area contributed by atoms with Crippen molar-refractivity contribution in [2.45, 2.75) is 18.4 Å². The first kappa shape index (κ1) is 16.7. The average Bonchev–Trinajstić information content (AvgIpc) is 3.42. The molecular formula is C20H22FN3O2. The molecule has 6 heteroatoms. The number of phenolic OH excluding ortho intramolecular Hbond substituents is 1. The third kappa shape index (κ3) is 3.45. The van der Waals surface area contributed by atoms with Crippen LogP contribution in [0, 0.1) is 5.82 Å². The van der Waals surface area contributed by atoms with Crippen molar-refractivity contribution in [1.29, 1.82) is 0 Å². The van der Waals surface area contributed by atoms with Crippen LogP contribution in [0.4, 0.5) is 14.9 Å². The molecule has 0 unspecified atom stereocenters. The summed E-state index contributed by atoms with van der Waals surface area (Å²) in [6.45, 7) is 2.62. The van der Waals surface area contributed by atoms with Gasteiger partial charge in [-0.15, -0.1) is 0 Å². The van der Waals surface area contributed by atoms with Crippen molar-refractivity contribution in [3.63, 3.8) is 0 Å². The van der Waals surface area contributed by atoms with Crippen LogP contribution >= 0.6 is 0 Å². The van der Waals surface area contributed by atoms with Gasteiger partial charge in [-0.2, -0.15) is 0 Å². The van der Waals surface area contributed by atoms with Gasteiger partial charge in [-0.25, -0.2) is 9.18 Å². The lowest BCUT2D eigenvalue weighted by molar-refractivity contribution is 0.193. The summed E-state index contributed by atoms with van der Waals surface area (Å²) in [7, 11) is 0. The van der Waals surface area contributed by atoms with E-state index in [-0.39, 0.29) is 29.6 Å². The summed E-state index contributed by atoms with van der Waals surface area (Å²) in [6.07, 6.45) is 0.898. The Morgan fingerprint density at radius 2 is 1.73 bits per heavy atom. The highest BCUT2D eigenvalue weighted by Crippen LogP contribution is 2.40. The second-order valence-corrected chi connectivity index (χ2v) is 6.91. The molecule has 2 N–H and O–H groups in total. The van der Waals surface area contributed by atoms with Crippen molar-refractivity contribution in [3.05, 3.63) is 59.9 Å². The maximum atomic E-state index is 13.0. The molecule has 2 atom stereocenters. The normalized spacial score (nSPS) is 22.2. The third-order valence-electron chi connectivity index (χ3n) is 5.19. The molecule has 1 aliphatic heterocycles. The number of carbonyl (C=O) groups is 1. The Labute approximate surface area is 152 Å². The van der Waals surface area contributed by atoms with Crippen LogP contribution in [0.1, 0.15) is 17.9 Å². The summed E-state index contributed by atoms with van der Waals surface area (Å²) in [6, 6.07) is 13.9. The van der Waals surface area contributed by atoms with Crippen LogP contribution in [-0.4, -0.2) is 48.3 Å². The minimum atomic E-state index is -0.239. The lowest BCUT2D eigenvalue weighted by atomic mass is 10.1. The average molecular weight is 355 g/mol. The number of rotatable bonds is 3. The summed E-state index contributed by atoms with van der Waals surface area (Å²) >= 11 is 0. The van der Waals surface area contributed by atoms with E-state index < -0.39 is 0 Å². The molecule has 1 heterocycles. The summed E-state index contributed by atoms with van der Waals surface area (Å²) in [4.78, 5) is 16.4. The monoisotopic (exact) mass is 355 g/mol. The molecule has 136 valence electrons. The van der Waals surface area contributed by atoms with Crippen molar-refractivity contribution >= 4 is 11.7 Å². The first-order valence-electron chi connectivity index (χ1n) is 8.95. The summed E-state index contributed by atoms with van der Waals surface area (Å²) in [5.74, 6) is 0.310. The number of aromatic hydroxyl groups is 1. The summed E-state index contributed by atoms with van der Waals surface area (Å²) in [5, 5.41) is 13.0. The molecular weight excluding hydrogens is 333 g/mol. The Kier molecular flexibility index (Phi) is 4.41. The number of amides is 2. The zero-order valence-electron chi connectivity index (χ0n) is 14.4. The van der Waals surface area contributed by atoms with Crippen LogP contribution in [-0.2, 0) is 0 Å². The number of benzene rings is 2. The van der Waals surface area contributed by atoms with Crippen LogP contribution in [0.25, 0.3) is 0 Å². The Morgan fingerprint density at radius 1 is 1.04 bits per heavy atom. The molecule has 0 spiro atoms. The number of hydrogen-bond donors (Lipinski definition) is 2. The first-order valence-corrected chi connectivity index (χ1v) is 8.95. The van der Waals surface area contributed by atoms with Crippen molar-refractivity contribution in [2.75, 3.05) is 31.1 Å². The topological polar surface area (TPSA) is 55.8 Å². The second kappa shape index (κ2) is 6.86. The van der Waals surface area contributed by atoms with Crippen LogP contribution in [0.15, 0.2) is 48.5 Å². The van der Waals surface area contributed by atoms with Gasteiger partial charge in [0.1, 0.15) is 11.6 Å². The fourth-order valence-electron chi connectivity index (χ4n) is 3.56. The van der Waals surface area contributed by atoms with E-state index in [4.69, 9.17) is 0 Å². The van der Waals surface area contributed by atoms with E-state index in [0.29, 0.717) is 26.2 Å². The molecule has 1 aliphatic carbocycles. The van der Waals surface area contributed by atoms with Gasteiger partial charge in [0.05, 0.1) is 5.69 Å². The number of carbonyl (C=O) groups excluding carboxylic acids is 1. The summed E-state index contributed by atoms with van der Waals surface area (Å²) in [5.41, 5.74) is 1.88. The number of phenols is 1. The van der Waals surface area contributed by atoms with E-state index in [0.717, 1.165) is 17.7 Å². The predicted molar refractivity (Wildman–Crippen MR) is 98.0 cm³/mol. The number of nitrogens with zero attached hydrogens (tertiary/aromatic N) is 2. The molecule has 0 aromatic heterocycles. The molecule has 26 heavy (non-hydrogen) atoms. The van der Waals surface area contributed by atoms with E-state index >= 15 is 0 Å². The lowest BCUT2D eigenvalue weighted by Crippen LogP contribution is -2.52. The zero-order valence-corrected chi connectivity index (χ0v) is 14.4. The van der Waals surface area contributed by atoms with Gasteiger partial charge in [-0.1, -0.05) is 24.3 Å². The highest BCUT2D eigenvalue weighted by Gasteiger charge is 2.40. The smallest absolute Gasteiger partial charge is 0.317 e. The zero-order chi connectivity index (χ0) is 18.1. The van der Waals surface area contributed by atoms with Gasteiger partial charge >= 0.3 is 6.03 Å². The molecule has 2 aliphatic rings. The Morgan fingerprint density at radius 3 is 2.42 bits per heavy atom. The van der Waals surface area contributed by atoms with Gasteiger partial charge in [0.25, 0.3) is 0 Å². The van der Waals surface area contributed by atoms with E-state index in [1.54, 1.807) is 24.3 Å². The third-order valence-corrected chi connectivity index (χ3v) is 5.19. The number of halogens is 1. The predicted octanol–water partition coefficient (Wildman–Crippen LogP) is 2.92. The maximum absolute atomic E-state index is 13.0. The highest BCUT2D eigenvalue weighted by atomic mass is 19.1. The first-order chi connectivity index (χ1) is 12.6. The van der Waals surface area contributed by atoms with Gasteiger partial charge in [0, 0.05) is 38.1 Å². The van der Waals surface area contributed by atoms with E-state index in [9.17, 15) is 14.3 Å². The molecule has 5 nitrogen and oxygen atoms in total. The molecule has 0 bridgehead atoms. The van der Waals surface area contributed by atoms with Crippen molar-refractivity contribution in [3.8, 4) is 5.75 Å². The van der Waals surface area contributed by atoms with E-state index in [1.807, 2.05) is 17.0 Å². The molecule has 0 radical (unpaired) electrons. The Hall–Kier alpha value is -2.76. The summed E-state index contributed by atoms with van der Waals surface area (Å²) < 4.78 is 13.0. The number of piperazine rings is 1. The second-order valence-electron chi connectivity index (χ2n) is 6.91. The largest absolute Gasteiger partial charge is 0.506 e. The highest BCUT2D eigenvalue weighted by molar-refractivity contribution is 5.75. The molecule has 1 saturated carbocycles. The van der Waals surface area contributed by atoms with Crippen LogP contribution < -0.4 is 10.2 Å². The van der Waals surface area contributed by atoms with Crippen LogP contribution in [0.2, 0.25) is 0 Å². The molecule has 2 aromatic rings. The maximum Gasteiger partial charge on any atom is 0.317 e. The molecule has 2 amide bonds. The van der Waals surface area contributed by atoms with Gasteiger partial charge in [0.15, 0.2) is 0 Å². The van der Waals surface area contributed by atoms with Gasteiger partial charge < -0.3 is 20.2 Å². The number of para-hydroxylation sites is 2. The number of anilines is 1. The van der Waals surface area contributed by atoms with Gasteiger partial charge in [-0.3, -0.25) is 0 Å². The van der Waals surface area contributed by atoms with Gasteiger partial charge in [-0.05, 0) is 36.2 Å². The molecule has 1 saturated heterocycles. The van der Waals surface area contributed by atoms with Gasteiger partial charge in [0.2, 0.25) is 0 Å². The number of nitrogens with one attached hydrogen (secondary N) is 1. The minimum absolute atomic E-state index is 0.0449. The quantitative estimate of drug-likeness (QED) is 0.890. The molecule has 2 fully saturated rings. The van der Waals surface area contributed by atoms with Crippen molar-refractivity contribution < 1.29 is 14.3 Å².